The van der Waals surface area contributed by atoms with Crippen molar-refractivity contribution in [1.29, 1.82) is 0 Å². The first-order chi connectivity index (χ1) is 8.92. The summed E-state index contributed by atoms with van der Waals surface area (Å²) in [6.07, 6.45) is 9.73. The van der Waals surface area contributed by atoms with Crippen LogP contribution in [0.25, 0.3) is 0 Å². The lowest BCUT2D eigenvalue weighted by Gasteiger charge is -2.27. The second-order valence-corrected chi connectivity index (χ2v) is 5.47. The van der Waals surface area contributed by atoms with Gasteiger partial charge in [0.1, 0.15) is 18.0 Å². The van der Waals surface area contributed by atoms with Crippen LogP contribution in [0.4, 0.5) is 11.6 Å². The van der Waals surface area contributed by atoms with Crippen LogP contribution in [-0.2, 0) is 0 Å². The molecule has 1 aromatic rings. The summed E-state index contributed by atoms with van der Waals surface area (Å²) in [6, 6.07) is 2.10. The molecule has 1 saturated heterocycles. The molecule has 98 valence electrons. The van der Waals surface area contributed by atoms with E-state index < -0.39 is 0 Å². The Kier molecular flexibility index (Phi) is 3.62. The number of hydrogen-bond acceptors (Lipinski definition) is 4. The largest absolute Gasteiger partial charge is 0.370 e. The number of piperidine rings is 1. The van der Waals surface area contributed by atoms with Gasteiger partial charge in [0.2, 0.25) is 0 Å². The van der Waals surface area contributed by atoms with Crippen LogP contribution in [0.15, 0.2) is 12.4 Å². The minimum absolute atomic E-state index is 0.973. The van der Waals surface area contributed by atoms with Gasteiger partial charge < -0.3 is 10.2 Å². The lowest BCUT2D eigenvalue weighted by molar-refractivity contribution is 0.573. The second-order valence-electron chi connectivity index (χ2n) is 5.47. The number of rotatable bonds is 5. The van der Waals surface area contributed by atoms with Crippen molar-refractivity contribution in [2.75, 3.05) is 29.9 Å². The number of anilines is 2. The zero-order valence-corrected chi connectivity index (χ0v) is 10.9. The summed E-state index contributed by atoms with van der Waals surface area (Å²) >= 11 is 0. The molecule has 1 aliphatic heterocycles. The highest BCUT2D eigenvalue weighted by Crippen LogP contribution is 2.32. The molecule has 3 rings (SSSR count). The van der Waals surface area contributed by atoms with Crippen LogP contribution >= 0.6 is 0 Å². The molecule has 18 heavy (non-hydrogen) atoms. The van der Waals surface area contributed by atoms with E-state index in [4.69, 9.17) is 0 Å². The molecular formula is C14H22N4. The Morgan fingerprint density at radius 1 is 1.17 bits per heavy atom. The van der Waals surface area contributed by atoms with Gasteiger partial charge in [-0.15, -0.1) is 0 Å². The fraction of sp³-hybridized carbons (Fsp3) is 0.714. The van der Waals surface area contributed by atoms with E-state index in [1.807, 2.05) is 0 Å². The second kappa shape index (κ2) is 5.55. The van der Waals surface area contributed by atoms with Crippen molar-refractivity contribution in [2.45, 2.75) is 38.5 Å². The van der Waals surface area contributed by atoms with Gasteiger partial charge in [0.25, 0.3) is 0 Å². The Labute approximate surface area is 109 Å². The number of hydrogen-bond donors (Lipinski definition) is 1. The summed E-state index contributed by atoms with van der Waals surface area (Å²) in [5.41, 5.74) is 0. The Bertz CT molecular complexity index is 383. The van der Waals surface area contributed by atoms with Gasteiger partial charge >= 0.3 is 0 Å². The minimum atomic E-state index is 0.973. The molecule has 0 spiro atoms. The summed E-state index contributed by atoms with van der Waals surface area (Å²) in [4.78, 5) is 11.1. The normalized spacial score (nSPS) is 19.9. The molecule has 0 bridgehead atoms. The van der Waals surface area contributed by atoms with Crippen LogP contribution in [-0.4, -0.2) is 29.6 Å². The van der Waals surface area contributed by atoms with Crippen LogP contribution in [0.3, 0.4) is 0 Å². The van der Waals surface area contributed by atoms with Crippen LogP contribution in [0, 0.1) is 5.92 Å². The maximum atomic E-state index is 4.39. The summed E-state index contributed by atoms with van der Waals surface area (Å²) < 4.78 is 0. The van der Waals surface area contributed by atoms with E-state index >= 15 is 0 Å². The van der Waals surface area contributed by atoms with E-state index in [0.717, 1.165) is 37.2 Å². The molecule has 0 unspecified atom stereocenters. The molecule has 1 aromatic heterocycles. The summed E-state index contributed by atoms with van der Waals surface area (Å²) in [5, 5.41) is 3.42. The molecule has 1 N–H and O–H groups in total. The minimum Gasteiger partial charge on any atom is -0.370 e. The van der Waals surface area contributed by atoms with Crippen molar-refractivity contribution in [1.82, 2.24) is 9.97 Å². The maximum Gasteiger partial charge on any atom is 0.134 e. The first-order valence-corrected chi connectivity index (χ1v) is 7.23. The highest BCUT2D eigenvalue weighted by Gasteiger charge is 2.20. The highest BCUT2D eigenvalue weighted by molar-refractivity contribution is 5.48. The Morgan fingerprint density at radius 3 is 2.78 bits per heavy atom. The molecule has 2 fully saturated rings. The van der Waals surface area contributed by atoms with Gasteiger partial charge in [-0.1, -0.05) is 12.8 Å². The van der Waals surface area contributed by atoms with Gasteiger partial charge in [-0.2, -0.15) is 0 Å². The van der Waals surface area contributed by atoms with Gasteiger partial charge in [0.15, 0.2) is 0 Å². The van der Waals surface area contributed by atoms with Gasteiger partial charge in [-0.05, 0) is 31.6 Å². The first-order valence-electron chi connectivity index (χ1n) is 7.23. The predicted molar refractivity (Wildman–Crippen MR) is 73.9 cm³/mol. The molecule has 1 aliphatic carbocycles. The third-order valence-corrected chi connectivity index (χ3v) is 3.89. The quantitative estimate of drug-likeness (QED) is 0.867. The van der Waals surface area contributed by atoms with E-state index in [1.165, 1.54) is 38.5 Å². The number of aromatic nitrogens is 2. The number of nitrogens with zero attached hydrogens (tertiary/aromatic N) is 3. The summed E-state index contributed by atoms with van der Waals surface area (Å²) in [7, 11) is 0. The van der Waals surface area contributed by atoms with Gasteiger partial charge in [0.05, 0.1) is 0 Å². The van der Waals surface area contributed by atoms with E-state index in [1.54, 1.807) is 6.33 Å². The highest BCUT2D eigenvalue weighted by atomic mass is 15.2. The predicted octanol–water partition coefficient (Wildman–Crippen LogP) is 2.68. The maximum absolute atomic E-state index is 4.39. The van der Waals surface area contributed by atoms with Crippen molar-refractivity contribution in [2.24, 2.45) is 5.92 Å². The molecular weight excluding hydrogens is 224 g/mol. The Morgan fingerprint density at radius 2 is 2.00 bits per heavy atom. The van der Waals surface area contributed by atoms with E-state index in [9.17, 15) is 0 Å². The average molecular weight is 246 g/mol. The summed E-state index contributed by atoms with van der Waals surface area (Å²) in [6.45, 7) is 3.32. The fourth-order valence-electron chi connectivity index (χ4n) is 2.55. The molecule has 2 aliphatic rings. The SMILES string of the molecule is c1nc(NCCC2CC2)cc(N2CCCCC2)n1. The van der Waals surface area contributed by atoms with Gasteiger partial charge in [-0.3, -0.25) is 0 Å². The van der Waals surface area contributed by atoms with Crippen molar-refractivity contribution in [3.8, 4) is 0 Å². The Hall–Kier alpha value is -1.32. The third kappa shape index (κ3) is 3.12. The van der Waals surface area contributed by atoms with Crippen LogP contribution in [0.2, 0.25) is 0 Å². The average Bonchev–Trinajstić information content (AvgIpc) is 3.24. The van der Waals surface area contributed by atoms with Gasteiger partial charge in [0, 0.05) is 25.7 Å². The van der Waals surface area contributed by atoms with Crippen LogP contribution < -0.4 is 10.2 Å². The molecule has 2 heterocycles. The molecule has 1 saturated carbocycles. The lowest BCUT2D eigenvalue weighted by Crippen LogP contribution is -2.30. The van der Waals surface area contributed by atoms with E-state index in [-0.39, 0.29) is 0 Å². The molecule has 4 heteroatoms. The van der Waals surface area contributed by atoms with Gasteiger partial charge in [-0.25, -0.2) is 9.97 Å². The van der Waals surface area contributed by atoms with E-state index in [0.29, 0.717) is 0 Å². The van der Waals surface area contributed by atoms with Crippen molar-refractivity contribution in [3.63, 3.8) is 0 Å². The monoisotopic (exact) mass is 246 g/mol. The first kappa shape index (κ1) is 11.8. The van der Waals surface area contributed by atoms with Crippen molar-refractivity contribution < 1.29 is 0 Å². The van der Waals surface area contributed by atoms with E-state index in [2.05, 4.69) is 26.3 Å². The lowest BCUT2D eigenvalue weighted by atomic mass is 10.1. The molecule has 0 amide bonds. The van der Waals surface area contributed by atoms with Crippen LogP contribution in [0.5, 0.6) is 0 Å². The standard InChI is InChI=1S/C14H22N4/c1-2-8-18(9-3-1)14-10-13(16-11-17-14)15-7-6-12-4-5-12/h10-12H,1-9H2,(H,15,16,17). The molecule has 0 radical (unpaired) electrons. The topological polar surface area (TPSA) is 41.1 Å². The van der Waals surface area contributed by atoms with Crippen LogP contribution in [0.1, 0.15) is 38.5 Å². The third-order valence-electron chi connectivity index (χ3n) is 3.89. The zero-order valence-electron chi connectivity index (χ0n) is 10.9. The molecule has 0 aromatic carbocycles. The summed E-state index contributed by atoms with van der Waals surface area (Å²) in [5.74, 6) is 3.03. The molecule has 0 atom stereocenters. The van der Waals surface area contributed by atoms with Crippen molar-refractivity contribution in [3.05, 3.63) is 12.4 Å². The smallest absolute Gasteiger partial charge is 0.134 e. The molecule has 4 nitrogen and oxygen atoms in total. The Balaban J connectivity index is 1.56. The fourth-order valence-corrected chi connectivity index (χ4v) is 2.55. The zero-order chi connectivity index (χ0) is 12.2. The van der Waals surface area contributed by atoms with Crippen molar-refractivity contribution >= 4 is 11.6 Å². The number of nitrogens with one attached hydrogen (secondary N) is 1.